The van der Waals surface area contributed by atoms with Crippen molar-refractivity contribution in [2.75, 3.05) is 12.1 Å². The molecule has 0 radical (unpaired) electrons. The summed E-state index contributed by atoms with van der Waals surface area (Å²) in [6.07, 6.45) is -1.62. The first-order chi connectivity index (χ1) is 8.56. The molecule has 2 heterocycles. The molecule has 1 fully saturated rings. The lowest BCUT2D eigenvalue weighted by atomic mass is 10.2. The third-order valence-corrected chi connectivity index (χ3v) is 2.89. The highest BCUT2D eigenvalue weighted by Crippen LogP contribution is 2.29. The average molecular weight is 259 g/mol. The molecule has 1 aliphatic heterocycles. The first-order valence-corrected chi connectivity index (χ1v) is 5.47. The van der Waals surface area contributed by atoms with Gasteiger partial charge in [0.15, 0.2) is 5.82 Å². The van der Waals surface area contributed by atoms with Crippen LogP contribution in [0, 0.1) is 6.92 Å². The molecule has 8 heteroatoms. The van der Waals surface area contributed by atoms with Gasteiger partial charge in [-0.15, -0.1) is 0 Å². The molecule has 1 aliphatic rings. The van der Waals surface area contributed by atoms with Crippen molar-refractivity contribution in [2.45, 2.75) is 31.8 Å². The number of aliphatic hydroxyl groups is 1. The SMILES string of the molecule is Cc1cn([C@@H]2C[C@H](F)[C@@H](CO)O2)c(=O)nc1NO. The summed E-state index contributed by atoms with van der Waals surface area (Å²) in [7, 11) is 0. The van der Waals surface area contributed by atoms with Gasteiger partial charge in [0.2, 0.25) is 0 Å². The Morgan fingerprint density at radius 1 is 1.72 bits per heavy atom. The van der Waals surface area contributed by atoms with Gasteiger partial charge in [0.1, 0.15) is 18.5 Å². The van der Waals surface area contributed by atoms with E-state index in [9.17, 15) is 9.18 Å². The van der Waals surface area contributed by atoms with Gasteiger partial charge >= 0.3 is 5.69 Å². The Kier molecular flexibility index (Phi) is 3.60. The van der Waals surface area contributed by atoms with E-state index in [1.165, 1.54) is 6.20 Å². The van der Waals surface area contributed by atoms with Crippen molar-refractivity contribution in [1.82, 2.24) is 9.55 Å². The van der Waals surface area contributed by atoms with Crippen molar-refractivity contribution in [3.05, 3.63) is 22.2 Å². The van der Waals surface area contributed by atoms with Gasteiger partial charge in [-0.1, -0.05) is 0 Å². The van der Waals surface area contributed by atoms with Crippen molar-refractivity contribution in [1.29, 1.82) is 0 Å². The lowest BCUT2D eigenvalue weighted by Gasteiger charge is -2.15. The standard InChI is InChI=1S/C10H14FN3O4/c1-5-3-14(10(16)12-9(5)13-17)8-2-6(11)7(4-15)18-8/h3,6-8,15,17H,2,4H2,1H3,(H,12,13,16)/t6-,7+,8-/m0/s1. The van der Waals surface area contributed by atoms with E-state index >= 15 is 0 Å². The van der Waals surface area contributed by atoms with Crippen LogP contribution in [-0.2, 0) is 4.74 Å². The summed E-state index contributed by atoms with van der Waals surface area (Å²) in [6, 6.07) is 0. The quantitative estimate of drug-likeness (QED) is 0.660. The van der Waals surface area contributed by atoms with Crippen LogP contribution >= 0.6 is 0 Å². The lowest BCUT2D eigenvalue weighted by molar-refractivity contribution is -0.0356. The van der Waals surface area contributed by atoms with Gasteiger partial charge in [-0.2, -0.15) is 4.98 Å². The molecule has 0 spiro atoms. The summed E-state index contributed by atoms with van der Waals surface area (Å²) in [4.78, 5) is 15.3. The Morgan fingerprint density at radius 2 is 2.44 bits per heavy atom. The average Bonchev–Trinajstić information content (AvgIpc) is 2.72. The molecule has 1 aromatic heterocycles. The number of rotatable bonds is 3. The largest absolute Gasteiger partial charge is 0.394 e. The van der Waals surface area contributed by atoms with Crippen LogP contribution in [0.3, 0.4) is 0 Å². The van der Waals surface area contributed by atoms with E-state index in [0.29, 0.717) is 5.56 Å². The normalized spacial score (nSPS) is 27.4. The van der Waals surface area contributed by atoms with Crippen LogP contribution in [0.1, 0.15) is 18.2 Å². The van der Waals surface area contributed by atoms with E-state index in [2.05, 4.69) is 4.98 Å². The first kappa shape index (κ1) is 12.9. The molecule has 0 amide bonds. The van der Waals surface area contributed by atoms with Gasteiger partial charge in [0.25, 0.3) is 0 Å². The number of aromatic nitrogens is 2. The number of aryl methyl sites for hydroxylation is 1. The third kappa shape index (κ3) is 2.22. The minimum Gasteiger partial charge on any atom is -0.394 e. The molecule has 0 aromatic carbocycles. The summed E-state index contributed by atoms with van der Waals surface area (Å²) >= 11 is 0. The molecular formula is C10H14FN3O4. The maximum atomic E-state index is 13.4. The second-order valence-corrected chi connectivity index (χ2v) is 4.14. The number of ether oxygens (including phenoxy) is 1. The van der Waals surface area contributed by atoms with E-state index in [0.717, 1.165) is 4.57 Å². The van der Waals surface area contributed by atoms with Crippen molar-refractivity contribution in [2.24, 2.45) is 0 Å². The molecule has 0 bridgehead atoms. The summed E-state index contributed by atoms with van der Waals surface area (Å²) in [5, 5.41) is 17.6. The molecule has 18 heavy (non-hydrogen) atoms. The van der Waals surface area contributed by atoms with Crippen molar-refractivity contribution in [3.63, 3.8) is 0 Å². The molecule has 1 aromatic rings. The van der Waals surface area contributed by atoms with Crippen LogP contribution in [-0.4, -0.2) is 38.7 Å². The number of anilines is 1. The number of nitrogens with zero attached hydrogens (tertiary/aromatic N) is 2. The zero-order valence-corrected chi connectivity index (χ0v) is 9.71. The van der Waals surface area contributed by atoms with Crippen molar-refractivity contribution < 1.29 is 19.4 Å². The molecular weight excluding hydrogens is 245 g/mol. The summed E-state index contributed by atoms with van der Waals surface area (Å²) in [6.45, 7) is 1.20. The number of hydrogen-bond acceptors (Lipinski definition) is 6. The zero-order chi connectivity index (χ0) is 13.3. The summed E-state index contributed by atoms with van der Waals surface area (Å²) in [5.74, 6) is 0.0461. The van der Waals surface area contributed by atoms with E-state index in [1.54, 1.807) is 12.4 Å². The highest BCUT2D eigenvalue weighted by atomic mass is 19.1. The van der Waals surface area contributed by atoms with Gasteiger partial charge < -0.3 is 9.84 Å². The topological polar surface area (TPSA) is 96.6 Å². The molecule has 3 N–H and O–H groups in total. The minimum atomic E-state index is -1.32. The Hall–Kier alpha value is -1.51. The predicted octanol–water partition coefficient (Wildman–Crippen LogP) is -0.0293. The van der Waals surface area contributed by atoms with Crippen LogP contribution < -0.4 is 11.2 Å². The summed E-state index contributed by atoms with van der Waals surface area (Å²) in [5.41, 5.74) is 1.66. The second-order valence-electron chi connectivity index (χ2n) is 4.14. The fourth-order valence-corrected chi connectivity index (χ4v) is 1.91. The molecule has 0 unspecified atom stereocenters. The minimum absolute atomic E-state index is 0.0157. The Labute approximate surface area is 102 Å². The Balaban J connectivity index is 2.30. The smallest absolute Gasteiger partial charge is 0.351 e. The molecule has 0 saturated carbocycles. The summed E-state index contributed by atoms with van der Waals surface area (Å²) < 4.78 is 19.8. The molecule has 3 atom stereocenters. The van der Waals surface area contributed by atoms with Crippen molar-refractivity contribution in [3.8, 4) is 0 Å². The Bertz CT molecular complexity index is 493. The molecule has 2 rings (SSSR count). The van der Waals surface area contributed by atoms with Gasteiger partial charge in [0.05, 0.1) is 6.61 Å². The van der Waals surface area contributed by atoms with Gasteiger partial charge in [0, 0.05) is 18.2 Å². The van der Waals surface area contributed by atoms with Gasteiger partial charge in [-0.3, -0.25) is 15.3 Å². The van der Waals surface area contributed by atoms with Crippen LogP contribution in [0.2, 0.25) is 0 Å². The lowest BCUT2D eigenvalue weighted by Crippen LogP contribution is -2.28. The molecule has 100 valence electrons. The van der Waals surface area contributed by atoms with E-state index in [-0.39, 0.29) is 12.2 Å². The number of halogens is 1. The second kappa shape index (κ2) is 5.01. The van der Waals surface area contributed by atoms with Crippen LogP contribution in [0.4, 0.5) is 10.2 Å². The van der Waals surface area contributed by atoms with Gasteiger partial charge in [-0.05, 0) is 6.92 Å². The highest BCUT2D eigenvalue weighted by Gasteiger charge is 2.36. The number of nitrogens with one attached hydrogen (secondary N) is 1. The number of alkyl halides is 1. The highest BCUT2D eigenvalue weighted by molar-refractivity contribution is 5.38. The fourth-order valence-electron chi connectivity index (χ4n) is 1.91. The first-order valence-electron chi connectivity index (χ1n) is 5.47. The van der Waals surface area contributed by atoms with E-state index in [1.807, 2.05) is 0 Å². The number of aliphatic hydroxyl groups excluding tert-OH is 1. The van der Waals surface area contributed by atoms with Crippen LogP contribution in [0.25, 0.3) is 0 Å². The molecule has 7 nitrogen and oxygen atoms in total. The monoisotopic (exact) mass is 259 g/mol. The Morgan fingerprint density at radius 3 is 3.00 bits per heavy atom. The van der Waals surface area contributed by atoms with Gasteiger partial charge in [-0.25, -0.2) is 9.18 Å². The van der Waals surface area contributed by atoms with Crippen LogP contribution in [0.15, 0.2) is 11.0 Å². The van der Waals surface area contributed by atoms with E-state index < -0.39 is 30.8 Å². The molecule has 0 aliphatic carbocycles. The third-order valence-electron chi connectivity index (χ3n) is 2.89. The fraction of sp³-hybridized carbons (Fsp3) is 0.600. The van der Waals surface area contributed by atoms with Crippen LogP contribution in [0.5, 0.6) is 0 Å². The molecule has 1 saturated heterocycles. The zero-order valence-electron chi connectivity index (χ0n) is 9.71. The predicted molar refractivity (Wildman–Crippen MR) is 59.2 cm³/mol. The van der Waals surface area contributed by atoms with Crippen molar-refractivity contribution >= 4 is 5.82 Å². The number of hydrogen-bond donors (Lipinski definition) is 3. The maximum absolute atomic E-state index is 13.4. The maximum Gasteiger partial charge on any atom is 0.351 e. The van der Waals surface area contributed by atoms with E-state index in [4.69, 9.17) is 15.1 Å².